The Hall–Kier alpha value is -1.42. The fourth-order valence-electron chi connectivity index (χ4n) is 1.51. The summed E-state index contributed by atoms with van der Waals surface area (Å²) >= 11 is 2.01. The van der Waals surface area contributed by atoms with Gasteiger partial charge in [-0.3, -0.25) is 4.72 Å². The van der Waals surface area contributed by atoms with Crippen LogP contribution in [0.3, 0.4) is 0 Å². The second-order valence-electron chi connectivity index (χ2n) is 3.92. The lowest BCUT2D eigenvalue weighted by Gasteiger charge is -2.10. The maximum atomic E-state index is 13.6. The van der Waals surface area contributed by atoms with E-state index in [1.807, 2.05) is 22.6 Å². The molecule has 0 fully saturated rings. The second-order valence-corrected chi connectivity index (χ2v) is 6.82. The zero-order valence-electron chi connectivity index (χ0n) is 9.90. The van der Waals surface area contributed by atoms with Crippen molar-refractivity contribution in [3.8, 4) is 0 Å². The van der Waals surface area contributed by atoms with E-state index in [2.05, 4.69) is 4.72 Å². The van der Waals surface area contributed by atoms with Crippen LogP contribution in [0.2, 0.25) is 0 Å². The summed E-state index contributed by atoms with van der Waals surface area (Å²) in [6.45, 7) is 0. The zero-order chi connectivity index (χ0) is 14.9. The van der Waals surface area contributed by atoms with Gasteiger partial charge in [-0.1, -0.05) is 6.07 Å². The van der Waals surface area contributed by atoms with Gasteiger partial charge in [0.1, 0.15) is 16.5 Å². The molecule has 0 bridgehead atoms. The number of anilines is 2. The van der Waals surface area contributed by atoms with Gasteiger partial charge in [0.2, 0.25) is 0 Å². The molecule has 2 rings (SSSR count). The lowest BCUT2D eigenvalue weighted by Crippen LogP contribution is -2.15. The van der Waals surface area contributed by atoms with Crippen molar-refractivity contribution in [2.24, 2.45) is 0 Å². The smallest absolute Gasteiger partial charge is 0.264 e. The fourth-order valence-corrected chi connectivity index (χ4v) is 3.20. The standard InChI is InChI=1S/C12H9F2IN2O2S/c13-9-5-10(14)12(6-11(9)16)20(18,19)17-8-3-1-2-7(15)4-8/h1-6,17H,16H2. The lowest BCUT2D eigenvalue weighted by molar-refractivity contribution is 0.553. The minimum Gasteiger partial charge on any atom is -0.396 e. The van der Waals surface area contributed by atoms with Gasteiger partial charge in [-0.2, -0.15) is 0 Å². The average Bonchev–Trinajstić information content (AvgIpc) is 2.33. The van der Waals surface area contributed by atoms with Crippen LogP contribution in [0.1, 0.15) is 0 Å². The van der Waals surface area contributed by atoms with Crippen molar-refractivity contribution < 1.29 is 17.2 Å². The SMILES string of the molecule is Nc1cc(S(=O)(=O)Nc2cccc(I)c2)c(F)cc1F. The highest BCUT2D eigenvalue weighted by molar-refractivity contribution is 14.1. The van der Waals surface area contributed by atoms with Crippen molar-refractivity contribution in [2.75, 3.05) is 10.5 Å². The predicted octanol–water partition coefficient (Wildman–Crippen LogP) is 2.95. The van der Waals surface area contributed by atoms with Gasteiger partial charge in [0.25, 0.3) is 10.0 Å². The van der Waals surface area contributed by atoms with Gasteiger partial charge in [-0.25, -0.2) is 17.2 Å². The highest BCUT2D eigenvalue weighted by Crippen LogP contribution is 2.23. The fraction of sp³-hybridized carbons (Fsp3) is 0. The molecule has 3 N–H and O–H groups in total. The second kappa shape index (κ2) is 5.52. The Morgan fingerprint density at radius 3 is 2.45 bits per heavy atom. The highest BCUT2D eigenvalue weighted by Gasteiger charge is 2.21. The molecule has 0 spiro atoms. The van der Waals surface area contributed by atoms with E-state index in [1.165, 1.54) is 6.07 Å². The molecule has 0 aliphatic heterocycles. The molecule has 0 heterocycles. The van der Waals surface area contributed by atoms with Crippen LogP contribution in [0.25, 0.3) is 0 Å². The Morgan fingerprint density at radius 1 is 1.10 bits per heavy atom. The number of benzene rings is 2. The van der Waals surface area contributed by atoms with Crippen LogP contribution < -0.4 is 10.5 Å². The van der Waals surface area contributed by atoms with Crippen LogP contribution in [-0.4, -0.2) is 8.42 Å². The van der Waals surface area contributed by atoms with E-state index in [-0.39, 0.29) is 5.69 Å². The molecule has 0 saturated carbocycles. The largest absolute Gasteiger partial charge is 0.396 e. The van der Waals surface area contributed by atoms with Gasteiger partial charge < -0.3 is 5.73 Å². The Kier molecular flexibility index (Phi) is 4.14. The van der Waals surface area contributed by atoms with Crippen LogP contribution in [0.5, 0.6) is 0 Å². The number of halogens is 3. The number of rotatable bonds is 3. The van der Waals surface area contributed by atoms with Crippen LogP contribution >= 0.6 is 22.6 Å². The van der Waals surface area contributed by atoms with Crippen LogP contribution in [-0.2, 0) is 10.0 Å². The first-order chi connectivity index (χ1) is 9.29. The molecule has 4 nitrogen and oxygen atoms in total. The van der Waals surface area contributed by atoms with Crippen molar-refractivity contribution in [1.29, 1.82) is 0 Å². The summed E-state index contributed by atoms with van der Waals surface area (Å²) in [6, 6.07) is 7.71. The van der Waals surface area contributed by atoms with E-state index in [9.17, 15) is 17.2 Å². The minimum atomic E-state index is -4.18. The summed E-state index contributed by atoms with van der Waals surface area (Å²) in [6.07, 6.45) is 0. The average molecular weight is 410 g/mol. The van der Waals surface area contributed by atoms with Crippen molar-refractivity contribution >= 4 is 44.0 Å². The summed E-state index contributed by atoms with van der Waals surface area (Å²) in [5.74, 6) is -2.20. The molecule has 0 unspecified atom stereocenters. The summed E-state index contributed by atoms with van der Waals surface area (Å²) < 4.78 is 53.8. The molecule has 0 atom stereocenters. The van der Waals surface area contributed by atoms with Gasteiger partial charge in [-0.15, -0.1) is 0 Å². The number of hydrogen-bond donors (Lipinski definition) is 2. The van der Waals surface area contributed by atoms with Gasteiger partial charge in [-0.05, 0) is 46.9 Å². The van der Waals surface area contributed by atoms with Gasteiger partial charge >= 0.3 is 0 Å². The first-order valence-corrected chi connectivity index (χ1v) is 7.89. The molecule has 0 saturated heterocycles. The third kappa shape index (κ3) is 3.18. The molecule has 0 amide bonds. The normalized spacial score (nSPS) is 11.3. The monoisotopic (exact) mass is 410 g/mol. The summed E-state index contributed by atoms with van der Waals surface area (Å²) in [7, 11) is -4.18. The van der Waals surface area contributed by atoms with Crippen molar-refractivity contribution in [3.05, 3.63) is 51.6 Å². The predicted molar refractivity (Wildman–Crippen MR) is 80.7 cm³/mol. The summed E-state index contributed by atoms with van der Waals surface area (Å²) in [5.41, 5.74) is 5.11. The summed E-state index contributed by atoms with van der Waals surface area (Å²) in [4.78, 5) is -0.699. The first kappa shape index (κ1) is 15.0. The molecular formula is C12H9F2IN2O2S. The molecule has 0 aliphatic carbocycles. The van der Waals surface area contributed by atoms with Crippen LogP contribution in [0.15, 0.2) is 41.3 Å². The van der Waals surface area contributed by atoms with Crippen molar-refractivity contribution in [1.82, 2.24) is 0 Å². The molecule has 0 radical (unpaired) electrons. The molecular weight excluding hydrogens is 401 g/mol. The van der Waals surface area contributed by atoms with Gasteiger partial charge in [0, 0.05) is 15.3 Å². The molecule has 0 aliphatic rings. The van der Waals surface area contributed by atoms with E-state index in [0.717, 1.165) is 9.64 Å². The van der Waals surface area contributed by atoms with Crippen molar-refractivity contribution in [2.45, 2.75) is 4.90 Å². The van der Waals surface area contributed by atoms with E-state index in [0.29, 0.717) is 6.07 Å². The van der Waals surface area contributed by atoms with Crippen LogP contribution in [0, 0.1) is 15.2 Å². The number of sulfonamides is 1. The maximum absolute atomic E-state index is 13.6. The summed E-state index contributed by atoms with van der Waals surface area (Å²) in [5, 5.41) is 0. The lowest BCUT2D eigenvalue weighted by atomic mass is 10.3. The van der Waals surface area contributed by atoms with E-state index in [1.54, 1.807) is 18.2 Å². The molecule has 2 aromatic carbocycles. The van der Waals surface area contributed by atoms with Gasteiger partial charge in [0.15, 0.2) is 0 Å². The Morgan fingerprint density at radius 2 is 1.80 bits per heavy atom. The molecule has 8 heteroatoms. The Labute approximate surface area is 128 Å². The number of nitrogens with two attached hydrogens (primary N) is 1. The topological polar surface area (TPSA) is 72.2 Å². The number of nitrogen functional groups attached to an aromatic ring is 1. The van der Waals surface area contributed by atoms with E-state index in [4.69, 9.17) is 5.73 Å². The minimum absolute atomic E-state index is 0.277. The molecule has 0 aromatic heterocycles. The number of nitrogens with one attached hydrogen (secondary N) is 1. The van der Waals surface area contributed by atoms with Crippen LogP contribution in [0.4, 0.5) is 20.2 Å². The molecule has 20 heavy (non-hydrogen) atoms. The first-order valence-electron chi connectivity index (χ1n) is 5.32. The molecule has 2 aromatic rings. The molecule has 106 valence electrons. The van der Waals surface area contributed by atoms with E-state index >= 15 is 0 Å². The van der Waals surface area contributed by atoms with Gasteiger partial charge in [0.05, 0.1) is 5.69 Å². The van der Waals surface area contributed by atoms with Crippen molar-refractivity contribution in [3.63, 3.8) is 0 Å². The maximum Gasteiger partial charge on any atom is 0.264 e. The third-order valence-electron chi connectivity index (χ3n) is 2.42. The Balaban J connectivity index is 2.43. The highest BCUT2D eigenvalue weighted by atomic mass is 127. The Bertz CT molecular complexity index is 766. The van der Waals surface area contributed by atoms with E-state index < -0.39 is 32.2 Å². The third-order valence-corrected chi connectivity index (χ3v) is 4.48. The zero-order valence-corrected chi connectivity index (χ0v) is 12.9. The number of hydrogen-bond acceptors (Lipinski definition) is 3. The quantitative estimate of drug-likeness (QED) is 0.604.